The molecule has 300 valence electrons. The average Bonchev–Trinajstić information content (AvgIpc) is 3.66. The van der Waals surface area contributed by atoms with Crippen molar-refractivity contribution >= 4 is 29.8 Å². The van der Waals surface area contributed by atoms with Crippen LogP contribution in [0.1, 0.15) is 57.6 Å². The van der Waals surface area contributed by atoms with E-state index in [1.165, 1.54) is 24.8 Å². The number of fused-ring (bicyclic) bond motifs is 10. The number of hydrogen-bond acceptors (Lipinski definition) is 16. The van der Waals surface area contributed by atoms with Gasteiger partial charge in [-0.3, -0.25) is 14.6 Å². The highest BCUT2D eigenvalue weighted by atomic mass is 32.2. The number of nitrogens with zero attached hydrogens (tertiary/aromatic N) is 3. The number of amides is 1. The van der Waals surface area contributed by atoms with Crippen molar-refractivity contribution in [2.75, 3.05) is 67.0 Å². The minimum Gasteiger partial charge on any atom is -0.493 e. The van der Waals surface area contributed by atoms with Gasteiger partial charge in [0.05, 0.1) is 43.7 Å². The molecule has 6 aliphatic heterocycles. The number of piperazine rings is 1. The highest BCUT2D eigenvalue weighted by Crippen LogP contribution is 2.64. The Hall–Kier alpha value is -4.73. The van der Waals surface area contributed by atoms with Crippen molar-refractivity contribution in [3.05, 3.63) is 52.1 Å². The van der Waals surface area contributed by atoms with Crippen LogP contribution in [0.3, 0.4) is 0 Å². The van der Waals surface area contributed by atoms with Crippen molar-refractivity contribution < 1.29 is 57.0 Å². The maximum atomic E-state index is 13.8. The molecule has 0 aliphatic carbocycles. The van der Waals surface area contributed by atoms with E-state index >= 15 is 0 Å². The predicted molar refractivity (Wildman–Crippen MR) is 200 cm³/mol. The maximum absolute atomic E-state index is 13.8. The molecular weight excluding hydrogens is 749 g/mol. The highest BCUT2D eigenvalue weighted by molar-refractivity contribution is 7.99. The van der Waals surface area contributed by atoms with Crippen molar-refractivity contribution in [1.29, 1.82) is 5.26 Å². The Morgan fingerprint density at radius 1 is 1.11 bits per heavy atom. The van der Waals surface area contributed by atoms with E-state index in [9.17, 15) is 19.6 Å². The molecule has 4 bridgehead atoms. The van der Waals surface area contributed by atoms with Gasteiger partial charge in [0.1, 0.15) is 31.0 Å². The van der Waals surface area contributed by atoms with Gasteiger partial charge in [0.2, 0.25) is 6.79 Å². The first kappa shape index (κ1) is 39.5. The van der Waals surface area contributed by atoms with E-state index in [0.29, 0.717) is 65.1 Å². The second-order valence-electron chi connectivity index (χ2n) is 14.1. The first-order valence-corrected chi connectivity index (χ1v) is 19.4. The van der Waals surface area contributed by atoms with E-state index in [4.69, 9.17) is 42.6 Å². The Bertz CT molecular complexity index is 1950. The number of esters is 2. The molecule has 0 aromatic heterocycles. The fourth-order valence-electron chi connectivity index (χ4n) is 8.81. The van der Waals surface area contributed by atoms with Gasteiger partial charge < -0.3 is 47.9 Å². The number of nitrogens with one attached hydrogen (secondary N) is 1. The summed E-state index contributed by atoms with van der Waals surface area (Å²) >= 11 is 1.37. The molecule has 1 N–H and O–H groups in total. The molecule has 0 saturated carbocycles. The number of carbonyl (C=O) groups is 3. The molecule has 56 heavy (non-hydrogen) atoms. The zero-order valence-corrected chi connectivity index (χ0v) is 33.0. The predicted octanol–water partition coefficient (Wildman–Crippen LogP) is 3.81. The molecule has 1 amide bonds. The summed E-state index contributed by atoms with van der Waals surface area (Å²) in [6.07, 6.45) is 1.13. The number of alkyl carbamates (subject to hydrolysis) is 1. The summed E-state index contributed by atoms with van der Waals surface area (Å²) in [5.74, 6) is 1.05. The third kappa shape index (κ3) is 6.76. The standard InChI is InChI=1S/C39H46N4O12S/c1-8-9-50-39(46)41-23-16-56-37-29-28(36-34(53-18-54-36)20(3)33(29)55-21(4)44)26(15-51-38(23)45)43-25(14-40)24-13-22-12-19(2)32(48-7)35(52-17-49-11-10-47-6)27(22)30(31(37)43)42(24)5/h8,12,23-26,30-31,37H,1,9-11,13,15-18H2,2-7H3,(H,41,46)/t23?,24-,25?,26-,30+,31?,37+/m0/s1. The van der Waals surface area contributed by atoms with Crippen LogP contribution in [0.4, 0.5) is 4.79 Å². The van der Waals surface area contributed by atoms with Crippen molar-refractivity contribution in [3.63, 3.8) is 0 Å². The number of likely N-dealkylation sites (N-methyl/N-ethyl adjacent to an activating group) is 1. The Labute approximate surface area is 329 Å². The lowest BCUT2D eigenvalue weighted by Crippen LogP contribution is -2.69. The zero-order valence-electron chi connectivity index (χ0n) is 32.2. The van der Waals surface area contributed by atoms with Gasteiger partial charge in [0.25, 0.3) is 0 Å². The number of hydrogen-bond donors (Lipinski definition) is 1. The second kappa shape index (κ2) is 16.4. The molecule has 8 rings (SSSR count). The van der Waals surface area contributed by atoms with Crippen molar-refractivity contribution in [3.8, 4) is 34.8 Å². The lowest BCUT2D eigenvalue weighted by molar-refractivity contribution is -0.151. The number of thioether (sulfide) groups is 1. The normalized spacial score (nSPS) is 26.1. The first-order valence-electron chi connectivity index (χ1n) is 18.3. The number of aryl methyl sites for hydroxylation is 1. The van der Waals surface area contributed by atoms with Gasteiger partial charge in [-0.25, -0.2) is 9.59 Å². The van der Waals surface area contributed by atoms with Gasteiger partial charge >= 0.3 is 18.0 Å². The van der Waals surface area contributed by atoms with Crippen molar-refractivity contribution in [2.45, 2.75) is 68.7 Å². The molecule has 2 fully saturated rings. The average molecular weight is 795 g/mol. The number of methoxy groups -OCH3 is 2. The summed E-state index contributed by atoms with van der Waals surface area (Å²) in [6, 6.07) is 0.866. The van der Waals surface area contributed by atoms with Crippen LogP contribution in [0, 0.1) is 25.2 Å². The molecule has 6 aliphatic rings. The monoisotopic (exact) mass is 794 g/mol. The number of rotatable bonds is 11. The summed E-state index contributed by atoms with van der Waals surface area (Å²) in [5, 5.41) is 13.2. The molecule has 17 heteroatoms. The maximum Gasteiger partial charge on any atom is 0.408 e. The zero-order chi connectivity index (χ0) is 39.8. The number of benzene rings is 2. The van der Waals surface area contributed by atoms with Crippen LogP contribution in [0.15, 0.2) is 18.7 Å². The number of carbonyl (C=O) groups excluding carboxylic acids is 3. The number of nitriles is 1. The van der Waals surface area contributed by atoms with E-state index in [0.717, 1.165) is 16.7 Å². The molecule has 7 atom stereocenters. The van der Waals surface area contributed by atoms with Crippen LogP contribution < -0.4 is 29.0 Å². The van der Waals surface area contributed by atoms with Gasteiger partial charge in [-0.2, -0.15) is 5.26 Å². The van der Waals surface area contributed by atoms with Crippen LogP contribution in [0.5, 0.6) is 28.7 Å². The fraction of sp³-hybridized carbons (Fsp3) is 0.538. The van der Waals surface area contributed by atoms with Gasteiger partial charge in [-0.1, -0.05) is 18.7 Å². The largest absolute Gasteiger partial charge is 0.493 e. The van der Waals surface area contributed by atoms with E-state index in [1.807, 2.05) is 14.0 Å². The molecule has 2 aromatic carbocycles. The molecule has 16 nitrogen and oxygen atoms in total. The van der Waals surface area contributed by atoms with Gasteiger partial charge in [-0.15, -0.1) is 11.8 Å². The Morgan fingerprint density at radius 3 is 2.61 bits per heavy atom. The van der Waals surface area contributed by atoms with Crippen molar-refractivity contribution in [1.82, 2.24) is 15.1 Å². The highest BCUT2D eigenvalue weighted by Gasteiger charge is 2.61. The summed E-state index contributed by atoms with van der Waals surface area (Å²) < 4.78 is 52.9. The molecule has 2 saturated heterocycles. The SMILES string of the molecule is C=CCOC(=O)NC1CS[C@@H]2c3c(OC(C)=O)c(C)c4c(c3[C@H](COC1=O)N1C2[C@H]2c3c(cc(C)c(OC)c3OCOCCOC)C[C@@H](C1C#N)N2C)OCO4. The van der Waals surface area contributed by atoms with E-state index in [1.54, 1.807) is 21.1 Å². The Morgan fingerprint density at radius 2 is 1.89 bits per heavy atom. The third-order valence-electron chi connectivity index (χ3n) is 11.0. The minimum atomic E-state index is -1.11. The Balaban J connectivity index is 1.46. The van der Waals surface area contributed by atoms with Gasteiger partial charge in [0.15, 0.2) is 29.8 Å². The second-order valence-corrected chi connectivity index (χ2v) is 15.3. The molecule has 3 unspecified atom stereocenters. The molecule has 0 spiro atoms. The quantitative estimate of drug-likeness (QED) is 0.114. The first-order chi connectivity index (χ1) is 27.1. The number of ether oxygens (including phenoxy) is 9. The van der Waals surface area contributed by atoms with Crippen LogP contribution in [-0.2, 0) is 35.0 Å². The van der Waals surface area contributed by atoms with Crippen molar-refractivity contribution in [2.24, 2.45) is 0 Å². The minimum absolute atomic E-state index is 0.0337. The van der Waals surface area contributed by atoms with Crippen LogP contribution in [-0.4, -0.2) is 119 Å². The van der Waals surface area contributed by atoms with Gasteiger partial charge in [0, 0.05) is 54.1 Å². The van der Waals surface area contributed by atoms with E-state index in [2.05, 4.69) is 33.8 Å². The smallest absolute Gasteiger partial charge is 0.408 e. The summed E-state index contributed by atoms with van der Waals surface area (Å²) in [7, 11) is 5.19. The van der Waals surface area contributed by atoms with Crippen LogP contribution in [0.25, 0.3) is 0 Å². The fourth-order valence-corrected chi connectivity index (χ4v) is 10.3. The lowest BCUT2D eigenvalue weighted by Gasteiger charge is -2.61. The summed E-state index contributed by atoms with van der Waals surface area (Å²) in [4.78, 5) is 43.8. The van der Waals surface area contributed by atoms with Gasteiger partial charge in [-0.05, 0) is 38.4 Å². The van der Waals surface area contributed by atoms with E-state index in [-0.39, 0.29) is 38.6 Å². The van der Waals surface area contributed by atoms with E-state index < -0.39 is 53.5 Å². The topological polar surface area (TPSA) is 177 Å². The van der Waals surface area contributed by atoms with Crippen LogP contribution >= 0.6 is 11.8 Å². The Kier molecular flexibility index (Phi) is 11.6. The molecular formula is C39H46N4O12S. The lowest BCUT2D eigenvalue weighted by atomic mass is 9.71. The molecule has 2 aromatic rings. The molecule has 6 heterocycles. The summed E-state index contributed by atoms with van der Waals surface area (Å²) in [5.41, 5.74) is 4.57. The third-order valence-corrected chi connectivity index (χ3v) is 12.4. The molecule has 0 radical (unpaired) electrons. The summed E-state index contributed by atoms with van der Waals surface area (Å²) in [6.45, 7) is 8.97. The van der Waals surface area contributed by atoms with Crippen LogP contribution in [0.2, 0.25) is 0 Å².